The SMILES string of the molecule is CS[C@H](C)CN1CC[C@]2(C)c3cc(O)ccc3C[C@@H]1[C@@H]2C. The number of thioether (sulfide) groups is 1. The summed E-state index contributed by atoms with van der Waals surface area (Å²) < 4.78 is 0. The topological polar surface area (TPSA) is 23.5 Å². The monoisotopic (exact) mass is 305 g/mol. The molecule has 0 spiro atoms. The molecule has 1 N–H and O–H groups in total. The van der Waals surface area contributed by atoms with Crippen LogP contribution in [0.2, 0.25) is 0 Å². The van der Waals surface area contributed by atoms with E-state index in [0.29, 0.717) is 23.0 Å². The molecule has 3 rings (SSSR count). The summed E-state index contributed by atoms with van der Waals surface area (Å²) in [5.41, 5.74) is 3.06. The molecule has 1 saturated heterocycles. The fourth-order valence-electron chi connectivity index (χ4n) is 4.33. The van der Waals surface area contributed by atoms with Gasteiger partial charge >= 0.3 is 0 Å². The first-order valence-electron chi connectivity index (χ1n) is 8.05. The molecule has 2 bridgehead atoms. The molecule has 1 aromatic rings. The van der Waals surface area contributed by atoms with Gasteiger partial charge in [-0.05, 0) is 60.2 Å². The van der Waals surface area contributed by atoms with Gasteiger partial charge in [0.15, 0.2) is 0 Å². The fraction of sp³-hybridized carbons (Fsp3) is 0.667. The molecule has 0 saturated carbocycles. The number of benzene rings is 1. The Hall–Kier alpha value is -0.670. The van der Waals surface area contributed by atoms with Gasteiger partial charge in [-0.25, -0.2) is 0 Å². The summed E-state index contributed by atoms with van der Waals surface area (Å²) in [5, 5.41) is 10.6. The lowest BCUT2D eigenvalue weighted by atomic mass is 9.59. The second kappa shape index (κ2) is 5.51. The molecule has 4 atom stereocenters. The van der Waals surface area contributed by atoms with Crippen LogP contribution in [0.4, 0.5) is 0 Å². The third-order valence-electron chi connectivity index (χ3n) is 6.00. The van der Waals surface area contributed by atoms with Crippen molar-refractivity contribution < 1.29 is 5.11 Å². The lowest BCUT2D eigenvalue weighted by molar-refractivity contribution is 0.0325. The zero-order chi connectivity index (χ0) is 15.2. The predicted octanol–water partition coefficient (Wildman–Crippen LogP) is 3.67. The van der Waals surface area contributed by atoms with Gasteiger partial charge in [0.05, 0.1) is 0 Å². The Bertz CT molecular complexity index is 532. The van der Waals surface area contributed by atoms with E-state index in [2.05, 4.69) is 38.0 Å². The largest absolute Gasteiger partial charge is 0.508 e. The van der Waals surface area contributed by atoms with Crippen molar-refractivity contribution in [3.63, 3.8) is 0 Å². The summed E-state index contributed by atoms with van der Waals surface area (Å²) in [6, 6.07) is 6.66. The number of fused-ring (bicyclic) bond motifs is 4. The number of likely N-dealkylation sites (tertiary alicyclic amines) is 1. The first-order valence-corrected chi connectivity index (χ1v) is 9.33. The van der Waals surface area contributed by atoms with Gasteiger partial charge in [0, 0.05) is 17.8 Å². The molecule has 1 aliphatic carbocycles. The van der Waals surface area contributed by atoms with Crippen LogP contribution in [0.3, 0.4) is 0 Å². The third kappa shape index (κ3) is 2.49. The fourth-order valence-corrected chi connectivity index (χ4v) is 4.67. The number of hydrogen-bond acceptors (Lipinski definition) is 3. The van der Waals surface area contributed by atoms with Crippen LogP contribution >= 0.6 is 11.8 Å². The van der Waals surface area contributed by atoms with Crippen molar-refractivity contribution in [3.05, 3.63) is 29.3 Å². The Labute approximate surface area is 132 Å². The van der Waals surface area contributed by atoms with Gasteiger partial charge in [0.2, 0.25) is 0 Å². The number of hydrogen-bond donors (Lipinski definition) is 1. The van der Waals surface area contributed by atoms with E-state index in [4.69, 9.17) is 0 Å². The Kier molecular flexibility index (Phi) is 4.00. The van der Waals surface area contributed by atoms with Crippen molar-refractivity contribution in [1.29, 1.82) is 0 Å². The van der Waals surface area contributed by atoms with Crippen LogP contribution < -0.4 is 0 Å². The van der Waals surface area contributed by atoms with E-state index in [0.717, 1.165) is 6.42 Å². The van der Waals surface area contributed by atoms with Crippen LogP contribution in [0.1, 0.15) is 38.3 Å². The van der Waals surface area contributed by atoms with Crippen LogP contribution in [-0.2, 0) is 11.8 Å². The van der Waals surface area contributed by atoms with Gasteiger partial charge in [0.1, 0.15) is 5.75 Å². The smallest absolute Gasteiger partial charge is 0.115 e. The minimum absolute atomic E-state index is 0.218. The summed E-state index contributed by atoms with van der Waals surface area (Å²) in [6.07, 6.45) is 4.54. The molecule has 0 radical (unpaired) electrons. The summed E-state index contributed by atoms with van der Waals surface area (Å²) in [5.74, 6) is 1.06. The van der Waals surface area contributed by atoms with Crippen LogP contribution in [0, 0.1) is 5.92 Å². The highest BCUT2D eigenvalue weighted by atomic mass is 32.2. The number of piperidine rings is 1. The maximum absolute atomic E-state index is 9.88. The van der Waals surface area contributed by atoms with E-state index in [1.165, 1.54) is 30.6 Å². The molecule has 0 aromatic heterocycles. The highest BCUT2D eigenvalue weighted by molar-refractivity contribution is 7.99. The molecule has 2 aliphatic rings. The lowest BCUT2D eigenvalue weighted by Crippen LogP contribution is -2.58. The minimum atomic E-state index is 0.218. The first-order chi connectivity index (χ1) is 9.95. The van der Waals surface area contributed by atoms with E-state index in [-0.39, 0.29) is 5.41 Å². The predicted molar refractivity (Wildman–Crippen MR) is 91.3 cm³/mol. The molecular formula is C18H27NOS. The Balaban J connectivity index is 1.94. The molecule has 1 heterocycles. The molecule has 116 valence electrons. The van der Waals surface area contributed by atoms with E-state index in [9.17, 15) is 5.11 Å². The standard InChI is InChI=1S/C18H27NOS/c1-12(21-4)11-19-8-7-18(3)13(2)17(19)9-14-5-6-15(20)10-16(14)18/h5-6,10,12-13,17,20H,7-9,11H2,1-4H3/t12-,13+,17-,18+/m1/s1. The van der Waals surface area contributed by atoms with Gasteiger partial charge in [0.25, 0.3) is 0 Å². The second-order valence-corrected chi connectivity index (χ2v) is 8.39. The third-order valence-corrected chi connectivity index (χ3v) is 6.96. The summed E-state index contributed by atoms with van der Waals surface area (Å²) in [7, 11) is 0. The highest BCUT2D eigenvalue weighted by Gasteiger charge is 2.48. The molecule has 2 nitrogen and oxygen atoms in total. The van der Waals surface area contributed by atoms with E-state index in [1.54, 1.807) is 0 Å². The molecule has 1 aromatic carbocycles. The molecular weight excluding hydrogens is 278 g/mol. The first kappa shape index (κ1) is 15.2. The van der Waals surface area contributed by atoms with E-state index < -0.39 is 0 Å². The Morgan fingerprint density at radius 2 is 2.24 bits per heavy atom. The number of phenolic OH excluding ortho intramolecular Hbond substituents is 1. The van der Waals surface area contributed by atoms with E-state index >= 15 is 0 Å². The van der Waals surface area contributed by atoms with Crippen molar-refractivity contribution in [3.8, 4) is 5.75 Å². The van der Waals surface area contributed by atoms with Crippen molar-refractivity contribution in [2.75, 3.05) is 19.3 Å². The van der Waals surface area contributed by atoms with Gasteiger partial charge in [-0.1, -0.05) is 26.8 Å². The number of nitrogens with zero attached hydrogens (tertiary/aromatic N) is 1. The molecule has 1 aliphatic heterocycles. The zero-order valence-corrected chi connectivity index (χ0v) is 14.4. The summed E-state index contributed by atoms with van der Waals surface area (Å²) in [4.78, 5) is 2.71. The number of rotatable bonds is 3. The maximum atomic E-state index is 9.88. The Morgan fingerprint density at radius 1 is 1.48 bits per heavy atom. The number of phenols is 1. The quantitative estimate of drug-likeness (QED) is 0.922. The van der Waals surface area contributed by atoms with Crippen molar-refractivity contribution in [2.45, 2.75) is 50.3 Å². The average molecular weight is 305 g/mol. The van der Waals surface area contributed by atoms with Gasteiger partial charge in [-0.2, -0.15) is 11.8 Å². The van der Waals surface area contributed by atoms with Crippen molar-refractivity contribution in [2.24, 2.45) is 5.92 Å². The average Bonchev–Trinajstić information content (AvgIpc) is 2.46. The second-order valence-electron chi connectivity index (χ2n) is 7.11. The highest BCUT2D eigenvalue weighted by Crippen LogP contribution is 2.49. The van der Waals surface area contributed by atoms with Gasteiger partial charge in [-0.15, -0.1) is 0 Å². The molecule has 0 unspecified atom stereocenters. The van der Waals surface area contributed by atoms with Crippen LogP contribution in [0.15, 0.2) is 18.2 Å². The van der Waals surface area contributed by atoms with Crippen LogP contribution in [-0.4, -0.2) is 40.6 Å². The molecule has 0 amide bonds. The zero-order valence-electron chi connectivity index (χ0n) is 13.6. The van der Waals surface area contributed by atoms with Crippen molar-refractivity contribution in [1.82, 2.24) is 4.90 Å². The molecule has 1 fully saturated rings. The molecule has 21 heavy (non-hydrogen) atoms. The summed E-state index contributed by atoms with van der Waals surface area (Å²) >= 11 is 1.96. The molecule has 3 heteroatoms. The van der Waals surface area contributed by atoms with E-state index in [1.807, 2.05) is 23.9 Å². The van der Waals surface area contributed by atoms with Crippen LogP contribution in [0.25, 0.3) is 0 Å². The minimum Gasteiger partial charge on any atom is -0.508 e. The lowest BCUT2D eigenvalue weighted by Gasteiger charge is -2.55. The van der Waals surface area contributed by atoms with Gasteiger partial charge < -0.3 is 5.11 Å². The summed E-state index contributed by atoms with van der Waals surface area (Å²) in [6.45, 7) is 9.52. The van der Waals surface area contributed by atoms with Gasteiger partial charge in [-0.3, -0.25) is 4.90 Å². The normalized spacial score (nSPS) is 33.5. The van der Waals surface area contributed by atoms with Crippen LogP contribution in [0.5, 0.6) is 5.75 Å². The van der Waals surface area contributed by atoms with Crippen molar-refractivity contribution >= 4 is 11.8 Å². The maximum Gasteiger partial charge on any atom is 0.115 e. The number of aromatic hydroxyl groups is 1. The Morgan fingerprint density at radius 3 is 2.95 bits per heavy atom.